The van der Waals surface area contributed by atoms with Crippen LogP contribution < -0.4 is 14.8 Å². The number of nitriles is 1. The van der Waals surface area contributed by atoms with Crippen LogP contribution in [0.1, 0.15) is 16.7 Å². The Labute approximate surface area is 222 Å². The van der Waals surface area contributed by atoms with Crippen molar-refractivity contribution in [1.82, 2.24) is 0 Å². The first-order valence-corrected chi connectivity index (χ1v) is 12.2. The number of ether oxygens (including phenoxy) is 2. The Morgan fingerprint density at radius 3 is 2.32 bits per heavy atom. The standard InChI is InChI=1S/C25H18Br3FN2O3/c1-14-7-19(26)23(20(27)8-14)31-25(32)17(12-30)9-16-10-21(28)24(22(11-16)33-2)34-13-15-3-5-18(29)6-4-15/h3-11H,13H2,1-2H3,(H,31,32)/b17-9+. The predicted octanol–water partition coefficient (Wildman–Crippen LogP) is 7.55. The van der Waals surface area contributed by atoms with Gasteiger partial charge in [0.1, 0.15) is 24.1 Å². The van der Waals surface area contributed by atoms with Gasteiger partial charge in [-0.15, -0.1) is 0 Å². The molecule has 0 heterocycles. The monoisotopic (exact) mass is 650 g/mol. The fourth-order valence-electron chi connectivity index (χ4n) is 3.01. The molecule has 0 unspecified atom stereocenters. The van der Waals surface area contributed by atoms with Gasteiger partial charge in [0, 0.05) is 8.95 Å². The molecule has 9 heteroatoms. The highest BCUT2D eigenvalue weighted by Gasteiger charge is 2.16. The third kappa shape index (κ3) is 6.47. The van der Waals surface area contributed by atoms with Crippen LogP contribution in [0.4, 0.5) is 10.1 Å². The molecular weight excluding hydrogens is 635 g/mol. The third-order valence-corrected chi connectivity index (χ3v) is 6.49. The van der Waals surface area contributed by atoms with E-state index in [0.717, 1.165) is 11.1 Å². The maximum absolute atomic E-state index is 13.1. The third-order valence-electron chi connectivity index (χ3n) is 4.65. The maximum atomic E-state index is 13.1. The Bertz CT molecular complexity index is 1280. The second kappa shape index (κ2) is 11.6. The average Bonchev–Trinajstić information content (AvgIpc) is 2.79. The van der Waals surface area contributed by atoms with Crippen LogP contribution in [0.15, 0.2) is 67.5 Å². The summed E-state index contributed by atoms with van der Waals surface area (Å²) in [4.78, 5) is 12.8. The first-order valence-electron chi connectivity index (χ1n) is 9.85. The van der Waals surface area contributed by atoms with Crippen molar-refractivity contribution in [3.05, 3.63) is 90.0 Å². The van der Waals surface area contributed by atoms with E-state index in [1.165, 1.54) is 25.3 Å². The fourth-order valence-corrected chi connectivity index (χ4v) is 5.20. The van der Waals surface area contributed by atoms with E-state index in [2.05, 4.69) is 53.1 Å². The Balaban J connectivity index is 1.84. The number of carbonyl (C=O) groups is 1. The molecule has 0 saturated heterocycles. The first kappa shape index (κ1) is 25.9. The van der Waals surface area contributed by atoms with Crippen molar-refractivity contribution in [3.63, 3.8) is 0 Å². The topological polar surface area (TPSA) is 71.3 Å². The normalized spacial score (nSPS) is 11.0. The summed E-state index contributed by atoms with van der Waals surface area (Å²) in [5.41, 5.74) is 2.79. The number of anilines is 1. The number of rotatable bonds is 7. The van der Waals surface area contributed by atoms with Gasteiger partial charge >= 0.3 is 0 Å². The van der Waals surface area contributed by atoms with E-state index in [1.807, 2.05) is 25.1 Å². The smallest absolute Gasteiger partial charge is 0.266 e. The van der Waals surface area contributed by atoms with Crippen molar-refractivity contribution in [2.24, 2.45) is 0 Å². The van der Waals surface area contributed by atoms with E-state index in [1.54, 1.807) is 24.3 Å². The van der Waals surface area contributed by atoms with E-state index < -0.39 is 5.91 Å². The number of nitrogens with one attached hydrogen (secondary N) is 1. The largest absolute Gasteiger partial charge is 0.493 e. The van der Waals surface area contributed by atoms with Crippen LogP contribution in [0.2, 0.25) is 0 Å². The number of aryl methyl sites for hydroxylation is 1. The van der Waals surface area contributed by atoms with Gasteiger partial charge in [0.15, 0.2) is 11.5 Å². The Kier molecular flexibility index (Phi) is 8.89. The molecule has 0 aliphatic rings. The van der Waals surface area contributed by atoms with Gasteiger partial charge in [0.05, 0.1) is 17.3 Å². The molecule has 0 radical (unpaired) electrons. The van der Waals surface area contributed by atoms with Gasteiger partial charge in [0.2, 0.25) is 0 Å². The van der Waals surface area contributed by atoms with Gasteiger partial charge in [-0.2, -0.15) is 5.26 Å². The Hall–Kier alpha value is -2.67. The zero-order valence-electron chi connectivity index (χ0n) is 18.1. The van der Waals surface area contributed by atoms with Crippen LogP contribution in [-0.4, -0.2) is 13.0 Å². The fraction of sp³-hybridized carbons (Fsp3) is 0.120. The summed E-state index contributed by atoms with van der Waals surface area (Å²) in [6.45, 7) is 2.14. The summed E-state index contributed by atoms with van der Waals surface area (Å²) in [6, 6.07) is 15.0. The first-order chi connectivity index (χ1) is 16.2. The minimum absolute atomic E-state index is 0.0895. The van der Waals surface area contributed by atoms with Gasteiger partial charge in [-0.1, -0.05) is 12.1 Å². The lowest BCUT2D eigenvalue weighted by molar-refractivity contribution is -0.112. The van der Waals surface area contributed by atoms with Crippen molar-refractivity contribution in [1.29, 1.82) is 5.26 Å². The summed E-state index contributed by atoms with van der Waals surface area (Å²) >= 11 is 10.3. The molecule has 0 aliphatic carbocycles. The number of amides is 1. The molecule has 3 rings (SSSR count). The zero-order chi connectivity index (χ0) is 24.8. The summed E-state index contributed by atoms with van der Waals surface area (Å²) < 4.78 is 26.4. The lowest BCUT2D eigenvalue weighted by atomic mass is 10.1. The predicted molar refractivity (Wildman–Crippen MR) is 140 cm³/mol. The van der Waals surface area contributed by atoms with Crippen LogP contribution in [-0.2, 0) is 11.4 Å². The number of hydrogen-bond acceptors (Lipinski definition) is 4. The zero-order valence-corrected chi connectivity index (χ0v) is 22.8. The summed E-state index contributed by atoms with van der Waals surface area (Å²) in [5.74, 6) is -0.0264. The molecule has 0 aromatic heterocycles. The average molecular weight is 653 g/mol. The molecule has 0 bridgehead atoms. The van der Waals surface area contributed by atoms with Gasteiger partial charge in [-0.25, -0.2) is 4.39 Å². The van der Waals surface area contributed by atoms with Gasteiger partial charge in [-0.3, -0.25) is 4.79 Å². The quantitative estimate of drug-likeness (QED) is 0.211. The number of benzene rings is 3. The molecule has 1 amide bonds. The lowest BCUT2D eigenvalue weighted by Crippen LogP contribution is -2.14. The van der Waals surface area contributed by atoms with Crippen LogP contribution in [0.5, 0.6) is 11.5 Å². The molecule has 0 atom stereocenters. The van der Waals surface area contributed by atoms with Gasteiger partial charge in [-0.05, 0) is 114 Å². The number of halogens is 4. The van der Waals surface area contributed by atoms with E-state index in [9.17, 15) is 14.4 Å². The molecule has 3 aromatic rings. The minimum Gasteiger partial charge on any atom is -0.493 e. The molecular formula is C25H18Br3FN2O3. The van der Waals surface area contributed by atoms with Crippen molar-refractivity contribution >= 4 is 65.5 Å². The molecule has 0 saturated carbocycles. The molecule has 34 heavy (non-hydrogen) atoms. The van der Waals surface area contributed by atoms with Crippen molar-refractivity contribution in [2.75, 3.05) is 12.4 Å². The molecule has 5 nitrogen and oxygen atoms in total. The molecule has 1 N–H and O–H groups in total. The van der Waals surface area contributed by atoms with Crippen molar-refractivity contribution in [3.8, 4) is 17.6 Å². The summed E-state index contributed by atoms with van der Waals surface area (Å²) in [5, 5.41) is 12.4. The highest BCUT2D eigenvalue weighted by Crippen LogP contribution is 2.38. The summed E-state index contributed by atoms with van der Waals surface area (Å²) in [6.07, 6.45) is 1.46. The van der Waals surface area contributed by atoms with Gasteiger partial charge in [0.25, 0.3) is 5.91 Å². The SMILES string of the molecule is COc1cc(/C=C(\C#N)C(=O)Nc2c(Br)cc(C)cc2Br)cc(Br)c1OCc1ccc(F)cc1. The number of nitrogens with zero attached hydrogens (tertiary/aromatic N) is 1. The van der Waals surface area contributed by atoms with Crippen LogP contribution in [0.25, 0.3) is 6.08 Å². The van der Waals surface area contributed by atoms with Crippen LogP contribution in [0, 0.1) is 24.1 Å². The molecule has 0 fully saturated rings. The Morgan fingerprint density at radius 1 is 1.09 bits per heavy atom. The second-order valence-corrected chi connectivity index (χ2v) is 9.74. The molecule has 174 valence electrons. The second-order valence-electron chi connectivity index (χ2n) is 7.18. The minimum atomic E-state index is -0.556. The molecule has 0 aliphatic heterocycles. The molecule has 0 spiro atoms. The van der Waals surface area contributed by atoms with E-state index in [4.69, 9.17) is 9.47 Å². The number of methoxy groups -OCH3 is 1. The summed E-state index contributed by atoms with van der Waals surface area (Å²) in [7, 11) is 1.49. The van der Waals surface area contributed by atoms with Crippen LogP contribution >= 0.6 is 47.8 Å². The van der Waals surface area contributed by atoms with Crippen molar-refractivity contribution < 1.29 is 18.7 Å². The van der Waals surface area contributed by atoms with E-state index in [-0.39, 0.29) is 18.0 Å². The number of hydrogen-bond donors (Lipinski definition) is 1. The van der Waals surface area contributed by atoms with Crippen molar-refractivity contribution in [2.45, 2.75) is 13.5 Å². The van der Waals surface area contributed by atoms with E-state index >= 15 is 0 Å². The van der Waals surface area contributed by atoms with Gasteiger partial charge < -0.3 is 14.8 Å². The number of carbonyl (C=O) groups excluding carboxylic acids is 1. The molecule has 3 aromatic carbocycles. The Morgan fingerprint density at radius 2 is 1.74 bits per heavy atom. The highest BCUT2D eigenvalue weighted by atomic mass is 79.9. The maximum Gasteiger partial charge on any atom is 0.266 e. The van der Waals surface area contributed by atoms with Crippen LogP contribution in [0.3, 0.4) is 0 Å². The highest BCUT2D eigenvalue weighted by molar-refractivity contribution is 9.11. The van der Waals surface area contributed by atoms with E-state index in [0.29, 0.717) is 36.2 Å². The lowest BCUT2D eigenvalue weighted by Gasteiger charge is -2.14.